The van der Waals surface area contributed by atoms with Crippen LogP contribution in [0.2, 0.25) is 18.1 Å². The van der Waals surface area contributed by atoms with Gasteiger partial charge in [-0.3, -0.25) is 9.10 Å². The van der Waals surface area contributed by atoms with Gasteiger partial charge in [0.15, 0.2) is 8.32 Å². The van der Waals surface area contributed by atoms with E-state index in [2.05, 4.69) is 33.9 Å². The van der Waals surface area contributed by atoms with Crippen molar-refractivity contribution < 1.29 is 18.8 Å². The monoisotopic (exact) mass is 421 g/mol. The van der Waals surface area contributed by atoms with E-state index in [9.17, 15) is 9.59 Å². The van der Waals surface area contributed by atoms with E-state index in [0.29, 0.717) is 5.70 Å². The van der Waals surface area contributed by atoms with Crippen LogP contribution in [0.25, 0.3) is 0 Å². The number of nitrogens with zero attached hydrogens (tertiary/aromatic N) is 1. The van der Waals surface area contributed by atoms with Crippen molar-refractivity contribution in [3.63, 3.8) is 0 Å². The second-order valence-electron chi connectivity index (χ2n) is 8.54. The Morgan fingerprint density at radius 3 is 2.43 bits per heavy atom. The van der Waals surface area contributed by atoms with Gasteiger partial charge in [-0.25, -0.2) is 4.79 Å². The SMILES string of the molecule is CSN1C(=O)[C@H]([C@@H](C)O[Si](C)(C)C(C)(C)C)/C1=C\C(=O)OCc1ccccc1. The molecule has 154 valence electrons. The average molecular weight is 422 g/mol. The van der Waals surface area contributed by atoms with Gasteiger partial charge in [0.25, 0.3) is 0 Å². The van der Waals surface area contributed by atoms with Crippen molar-refractivity contribution >= 4 is 32.1 Å². The summed E-state index contributed by atoms with van der Waals surface area (Å²) in [6.45, 7) is 13.0. The Labute approximate surface area is 173 Å². The molecule has 1 aromatic carbocycles. The highest BCUT2D eigenvalue weighted by molar-refractivity contribution is 7.97. The summed E-state index contributed by atoms with van der Waals surface area (Å²) >= 11 is 1.29. The number of ether oxygens (including phenoxy) is 1. The molecule has 0 unspecified atom stereocenters. The zero-order chi connectivity index (χ0) is 21.1. The van der Waals surface area contributed by atoms with Crippen molar-refractivity contribution in [3.05, 3.63) is 47.7 Å². The molecular formula is C21H31NO4SSi. The van der Waals surface area contributed by atoms with E-state index in [4.69, 9.17) is 9.16 Å². The van der Waals surface area contributed by atoms with Crippen LogP contribution < -0.4 is 0 Å². The molecule has 1 aromatic rings. The average Bonchev–Trinajstić information content (AvgIpc) is 2.59. The van der Waals surface area contributed by atoms with Gasteiger partial charge in [0.1, 0.15) is 12.5 Å². The first-order valence-electron chi connectivity index (χ1n) is 9.46. The van der Waals surface area contributed by atoms with E-state index in [0.717, 1.165) is 5.56 Å². The van der Waals surface area contributed by atoms with Gasteiger partial charge in [-0.2, -0.15) is 0 Å². The number of carbonyl (C=O) groups excluding carboxylic acids is 2. The van der Waals surface area contributed by atoms with Crippen molar-refractivity contribution in [2.75, 3.05) is 6.26 Å². The van der Waals surface area contributed by atoms with Crippen LogP contribution in [0.1, 0.15) is 33.3 Å². The quantitative estimate of drug-likeness (QED) is 0.209. The zero-order valence-corrected chi connectivity index (χ0v) is 19.6. The lowest BCUT2D eigenvalue weighted by atomic mass is 9.91. The molecular weight excluding hydrogens is 390 g/mol. The van der Waals surface area contributed by atoms with Crippen molar-refractivity contribution in [2.24, 2.45) is 5.92 Å². The molecule has 1 amide bonds. The standard InChI is InChI=1S/C21H31NO4SSi/c1-15(26-28(6,7)21(2,3)4)19-17(22(27-5)20(19)24)13-18(23)25-14-16-11-9-8-10-12-16/h8-13,15,19H,14H2,1-7H3/b17-13+/t15-,19-/m1/s1. The first-order valence-corrected chi connectivity index (χ1v) is 13.5. The molecule has 28 heavy (non-hydrogen) atoms. The molecule has 1 aliphatic heterocycles. The fourth-order valence-corrected chi connectivity index (χ4v) is 4.92. The molecule has 0 aromatic heterocycles. The van der Waals surface area contributed by atoms with Crippen LogP contribution in [0.3, 0.4) is 0 Å². The van der Waals surface area contributed by atoms with Gasteiger partial charge in [-0.05, 0) is 42.6 Å². The van der Waals surface area contributed by atoms with Crippen LogP contribution >= 0.6 is 11.9 Å². The Balaban J connectivity index is 2.10. The molecule has 1 saturated heterocycles. The minimum Gasteiger partial charge on any atom is -0.458 e. The van der Waals surface area contributed by atoms with E-state index in [1.807, 2.05) is 43.5 Å². The van der Waals surface area contributed by atoms with Crippen LogP contribution in [0.15, 0.2) is 42.1 Å². The van der Waals surface area contributed by atoms with Crippen molar-refractivity contribution in [3.8, 4) is 0 Å². The van der Waals surface area contributed by atoms with Gasteiger partial charge in [0, 0.05) is 12.3 Å². The number of rotatable bonds is 7. The highest BCUT2D eigenvalue weighted by Crippen LogP contribution is 2.43. The molecule has 0 saturated carbocycles. The molecule has 0 bridgehead atoms. The van der Waals surface area contributed by atoms with Gasteiger partial charge in [-0.15, -0.1) is 0 Å². The van der Waals surface area contributed by atoms with Crippen molar-refractivity contribution in [1.82, 2.24) is 4.31 Å². The lowest BCUT2D eigenvalue weighted by Crippen LogP contribution is -2.55. The number of carbonyl (C=O) groups is 2. The number of hydrogen-bond acceptors (Lipinski definition) is 5. The molecule has 0 aliphatic carbocycles. The minimum absolute atomic E-state index is 0.0270. The summed E-state index contributed by atoms with van der Waals surface area (Å²) in [5.74, 6) is -0.915. The lowest BCUT2D eigenvalue weighted by molar-refractivity contribution is -0.140. The highest BCUT2D eigenvalue weighted by Gasteiger charge is 2.49. The third-order valence-electron chi connectivity index (χ3n) is 5.45. The minimum atomic E-state index is -2.02. The first-order chi connectivity index (χ1) is 13.0. The van der Waals surface area contributed by atoms with Crippen LogP contribution in [0, 0.1) is 5.92 Å². The van der Waals surface area contributed by atoms with Gasteiger partial charge >= 0.3 is 5.97 Å². The summed E-state index contributed by atoms with van der Waals surface area (Å²) in [6, 6.07) is 9.52. The topological polar surface area (TPSA) is 55.8 Å². The molecule has 7 heteroatoms. The predicted octanol–water partition coefficient (Wildman–Crippen LogP) is 4.76. The molecule has 1 aliphatic rings. The molecule has 1 fully saturated rings. The number of esters is 1. The van der Waals surface area contributed by atoms with Gasteiger partial charge < -0.3 is 9.16 Å². The summed E-state index contributed by atoms with van der Waals surface area (Å²) in [7, 11) is -2.02. The highest BCUT2D eigenvalue weighted by atomic mass is 32.2. The molecule has 5 nitrogen and oxygen atoms in total. The normalized spacial score (nSPS) is 20.1. The van der Waals surface area contributed by atoms with E-state index >= 15 is 0 Å². The second-order valence-corrected chi connectivity index (χ2v) is 14.0. The first kappa shape index (κ1) is 22.7. The number of hydrogen-bond donors (Lipinski definition) is 0. The predicted molar refractivity (Wildman–Crippen MR) is 116 cm³/mol. The van der Waals surface area contributed by atoms with Crippen molar-refractivity contribution in [1.29, 1.82) is 0 Å². The smallest absolute Gasteiger partial charge is 0.332 e. The number of benzene rings is 1. The Bertz CT molecular complexity index is 743. The van der Waals surface area contributed by atoms with Crippen LogP contribution in [-0.4, -0.2) is 36.9 Å². The third-order valence-corrected chi connectivity index (χ3v) is 10.8. The summed E-state index contributed by atoms with van der Waals surface area (Å²) < 4.78 is 13.3. The molecule has 1 heterocycles. The molecule has 0 spiro atoms. The molecule has 0 N–H and O–H groups in total. The lowest BCUT2D eigenvalue weighted by Gasteiger charge is -2.46. The Morgan fingerprint density at radius 1 is 1.29 bits per heavy atom. The fraction of sp³-hybridized carbons (Fsp3) is 0.524. The van der Waals surface area contributed by atoms with Gasteiger partial charge in [-0.1, -0.05) is 51.1 Å². The number of amides is 1. The van der Waals surface area contributed by atoms with Crippen molar-refractivity contribution in [2.45, 2.75) is 58.5 Å². The maximum absolute atomic E-state index is 12.6. The molecule has 2 rings (SSSR count). The number of β-lactam (4-membered cyclic amide) rings is 1. The molecule has 2 atom stereocenters. The molecule has 0 radical (unpaired) electrons. The Kier molecular flexibility index (Phi) is 7.17. The zero-order valence-electron chi connectivity index (χ0n) is 17.8. The maximum atomic E-state index is 12.6. The van der Waals surface area contributed by atoms with Crippen LogP contribution in [0.4, 0.5) is 0 Å². The van der Waals surface area contributed by atoms with Crippen LogP contribution in [0.5, 0.6) is 0 Å². The summed E-state index contributed by atoms with van der Waals surface area (Å²) in [5, 5.41) is 0.0474. The van der Waals surface area contributed by atoms with Gasteiger partial charge in [0.05, 0.1) is 11.8 Å². The van der Waals surface area contributed by atoms with Gasteiger partial charge in [0.2, 0.25) is 5.91 Å². The second kappa shape index (κ2) is 8.84. The van der Waals surface area contributed by atoms with Crippen LogP contribution in [-0.2, 0) is 25.4 Å². The summed E-state index contributed by atoms with van der Waals surface area (Å²) in [4.78, 5) is 24.9. The third kappa shape index (κ3) is 5.07. The summed E-state index contributed by atoms with van der Waals surface area (Å²) in [5.41, 5.74) is 1.58. The maximum Gasteiger partial charge on any atom is 0.332 e. The summed E-state index contributed by atoms with van der Waals surface area (Å²) in [6.07, 6.45) is 2.96. The Morgan fingerprint density at radius 2 is 1.89 bits per heavy atom. The fourth-order valence-electron chi connectivity index (χ4n) is 2.83. The van der Waals surface area contributed by atoms with E-state index in [1.54, 1.807) is 4.31 Å². The van der Waals surface area contributed by atoms with E-state index < -0.39 is 20.2 Å². The van der Waals surface area contributed by atoms with E-state index in [-0.39, 0.29) is 23.7 Å². The Hall–Kier alpha value is -1.57. The largest absolute Gasteiger partial charge is 0.458 e. The van der Waals surface area contributed by atoms with E-state index in [1.165, 1.54) is 18.0 Å².